The van der Waals surface area contributed by atoms with Crippen LogP contribution in [0.15, 0.2) is 24.3 Å². The quantitative estimate of drug-likeness (QED) is 0.491. The Labute approximate surface area is 161 Å². The van der Waals surface area contributed by atoms with Gasteiger partial charge in [-0.1, -0.05) is 24.3 Å². The molecule has 0 saturated carbocycles. The van der Waals surface area contributed by atoms with Gasteiger partial charge >= 0.3 is 38.1 Å². The van der Waals surface area contributed by atoms with Crippen LogP contribution in [0.5, 0.6) is 0 Å². The van der Waals surface area contributed by atoms with Crippen molar-refractivity contribution in [3.8, 4) is 0 Å². The molecule has 1 aromatic rings. The average Bonchev–Trinajstić information content (AvgIpc) is 2.57. The van der Waals surface area contributed by atoms with Crippen molar-refractivity contribution in [3.05, 3.63) is 24.3 Å². The van der Waals surface area contributed by atoms with Gasteiger partial charge in [-0.15, -0.1) is 0 Å². The van der Waals surface area contributed by atoms with Crippen LogP contribution in [-0.4, -0.2) is 88.2 Å². The summed E-state index contributed by atoms with van der Waals surface area (Å²) in [6, 6.07) is 6.16. The molecule has 12 heteroatoms. The van der Waals surface area contributed by atoms with E-state index in [1.807, 2.05) is 0 Å². The summed E-state index contributed by atoms with van der Waals surface area (Å²) in [5, 5.41) is 0. The molecule has 1 aromatic carbocycles. The lowest BCUT2D eigenvalue weighted by Crippen LogP contribution is -2.49. The number of benzene rings is 1. The zero-order valence-corrected chi connectivity index (χ0v) is 15.5. The van der Waals surface area contributed by atoms with Crippen molar-refractivity contribution in [1.82, 2.24) is 9.80 Å². The molecule has 146 valence electrons. The first-order valence-electron chi connectivity index (χ1n) is 8.55. The van der Waals surface area contributed by atoms with Crippen molar-refractivity contribution >= 4 is 49.0 Å². The van der Waals surface area contributed by atoms with Crippen LogP contribution >= 0.6 is 0 Å². The molecule has 2 saturated heterocycles. The van der Waals surface area contributed by atoms with Gasteiger partial charge in [0.15, 0.2) is 0 Å². The fourth-order valence-electron chi connectivity index (χ4n) is 2.75. The van der Waals surface area contributed by atoms with Gasteiger partial charge in [-0.05, 0) is 14.1 Å². The number of hydrogen-bond donors (Lipinski definition) is 0. The number of rotatable bonds is 2. The Kier molecular flexibility index (Phi) is 6.00. The van der Waals surface area contributed by atoms with Crippen LogP contribution in [0, 0.1) is 0 Å². The Hall–Kier alpha value is -2.85. The topological polar surface area (TPSA) is 112 Å². The first-order chi connectivity index (χ1) is 13.3. The minimum Gasteiger partial charge on any atom is -0.494 e. The predicted octanol–water partition coefficient (Wildman–Crippen LogP) is -2.86. The molecule has 0 aliphatic carbocycles. The normalized spacial score (nSPS) is 20.2. The highest BCUT2D eigenvalue weighted by Gasteiger charge is 2.36. The molecule has 2 heterocycles. The molecule has 2 fully saturated rings. The van der Waals surface area contributed by atoms with E-state index < -0.39 is 38.1 Å². The molecule has 0 spiro atoms. The molecule has 2 aliphatic heterocycles. The standard InChI is InChI=1S/C16H18B2N2O8/c1-19-7-13(21)25-17(26-14(22)8-19)11-3-5-12(6-4-11)18-27-15(23)9-20(2)10-16(24)28-18/h3-6H,7-10H2,1-2H3. The van der Waals surface area contributed by atoms with Crippen molar-refractivity contribution in [1.29, 1.82) is 0 Å². The highest BCUT2D eigenvalue weighted by Crippen LogP contribution is 2.03. The zero-order chi connectivity index (χ0) is 20.3. The van der Waals surface area contributed by atoms with Gasteiger partial charge in [0.2, 0.25) is 0 Å². The minimum absolute atomic E-state index is 0.0356. The Morgan fingerprint density at radius 3 is 1.11 bits per heavy atom. The highest BCUT2D eigenvalue weighted by molar-refractivity contribution is 6.66. The number of nitrogens with zero attached hydrogens (tertiary/aromatic N) is 2. The number of likely N-dealkylation sites (N-methyl/N-ethyl adjacent to an activating group) is 2. The Balaban J connectivity index is 1.74. The third-order valence-electron chi connectivity index (χ3n) is 4.03. The lowest BCUT2D eigenvalue weighted by Gasteiger charge is -2.23. The summed E-state index contributed by atoms with van der Waals surface area (Å²) < 4.78 is 20.7. The summed E-state index contributed by atoms with van der Waals surface area (Å²) in [4.78, 5) is 50.4. The van der Waals surface area contributed by atoms with E-state index in [1.54, 1.807) is 38.4 Å². The highest BCUT2D eigenvalue weighted by atomic mass is 16.6. The van der Waals surface area contributed by atoms with Crippen molar-refractivity contribution < 1.29 is 37.8 Å². The molecule has 0 amide bonds. The molecule has 0 unspecified atom stereocenters. The third kappa shape index (κ3) is 5.11. The monoisotopic (exact) mass is 388 g/mol. The Morgan fingerprint density at radius 2 is 0.857 bits per heavy atom. The number of hydrogen-bond acceptors (Lipinski definition) is 10. The minimum atomic E-state index is -1.18. The smallest absolute Gasteiger partial charge is 0.494 e. The van der Waals surface area contributed by atoms with Gasteiger partial charge in [0.05, 0.1) is 26.2 Å². The maximum Gasteiger partial charge on any atom is 0.636 e. The van der Waals surface area contributed by atoms with Crippen molar-refractivity contribution in [2.24, 2.45) is 0 Å². The molecule has 0 atom stereocenters. The van der Waals surface area contributed by atoms with E-state index in [4.69, 9.17) is 18.6 Å². The van der Waals surface area contributed by atoms with Gasteiger partial charge in [-0.3, -0.25) is 29.0 Å². The van der Waals surface area contributed by atoms with E-state index in [1.165, 1.54) is 9.80 Å². The van der Waals surface area contributed by atoms with E-state index in [2.05, 4.69) is 0 Å². The van der Waals surface area contributed by atoms with Crippen LogP contribution in [0.2, 0.25) is 0 Å². The molecular weight excluding hydrogens is 370 g/mol. The van der Waals surface area contributed by atoms with Gasteiger partial charge in [-0.25, -0.2) is 0 Å². The van der Waals surface area contributed by atoms with Crippen LogP contribution in [-0.2, 0) is 37.8 Å². The van der Waals surface area contributed by atoms with E-state index in [0.29, 0.717) is 10.9 Å². The molecule has 0 aromatic heterocycles. The van der Waals surface area contributed by atoms with Gasteiger partial charge in [0, 0.05) is 10.9 Å². The fraction of sp³-hybridized carbons (Fsp3) is 0.375. The second-order valence-electron chi connectivity index (χ2n) is 6.63. The third-order valence-corrected chi connectivity index (χ3v) is 4.03. The van der Waals surface area contributed by atoms with E-state index in [0.717, 1.165) is 0 Å². The molecule has 0 N–H and O–H groups in total. The zero-order valence-electron chi connectivity index (χ0n) is 15.5. The number of carbonyl (C=O) groups is 4. The molecule has 28 heavy (non-hydrogen) atoms. The first kappa shape index (κ1) is 19.9. The summed E-state index contributed by atoms with van der Waals surface area (Å²) >= 11 is 0. The van der Waals surface area contributed by atoms with Gasteiger partial charge in [0.1, 0.15) is 0 Å². The molecule has 0 bridgehead atoms. The van der Waals surface area contributed by atoms with Crippen LogP contribution in [0.1, 0.15) is 0 Å². The van der Waals surface area contributed by atoms with Crippen molar-refractivity contribution in [2.75, 3.05) is 40.3 Å². The Bertz CT molecular complexity index is 682. The van der Waals surface area contributed by atoms with Crippen LogP contribution in [0.4, 0.5) is 0 Å². The van der Waals surface area contributed by atoms with Gasteiger partial charge in [0.25, 0.3) is 0 Å². The SMILES string of the molecule is CN1CC(=O)OB(c2ccc(B3OC(=O)CN(C)CC(=O)O3)cc2)OC(=O)C1. The summed E-state index contributed by atoms with van der Waals surface area (Å²) in [5.41, 5.74) is 0.830. The molecule has 10 nitrogen and oxygen atoms in total. The van der Waals surface area contributed by atoms with Crippen LogP contribution in [0.3, 0.4) is 0 Å². The summed E-state index contributed by atoms with van der Waals surface area (Å²) in [7, 11) is 0.845. The maximum absolute atomic E-state index is 11.8. The van der Waals surface area contributed by atoms with Crippen molar-refractivity contribution in [3.63, 3.8) is 0 Å². The summed E-state index contributed by atoms with van der Waals surface area (Å²) in [5.74, 6) is -2.13. The Morgan fingerprint density at radius 1 is 0.607 bits per heavy atom. The lowest BCUT2D eigenvalue weighted by molar-refractivity contribution is -0.147. The average molecular weight is 388 g/mol. The van der Waals surface area contributed by atoms with E-state index in [9.17, 15) is 19.2 Å². The predicted molar refractivity (Wildman–Crippen MR) is 96.6 cm³/mol. The fourth-order valence-corrected chi connectivity index (χ4v) is 2.75. The first-order valence-corrected chi connectivity index (χ1v) is 8.55. The van der Waals surface area contributed by atoms with Crippen molar-refractivity contribution in [2.45, 2.75) is 0 Å². The second-order valence-corrected chi connectivity index (χ2v) is 6.63. The molecule has 2 aliphatic rings. The summed E-state index contributed by atoms with van der Waals surface area (Å²) in [6.07, 6.45) is 0. The second kappa shape index (κ2) is 8.44. The number of carbonyl (C=O) groups excluding carboxylic acids is 4. The van der Waals surface area contributed by atoms with Gasteiger partial charge < -0.3 is 18.6 Å². The van der Waals surface area contributed by atoms with E-state index >= 15 is 0 Å². The maximum atomic E-state index is 11.8. The van der Waals surface area contributed by atoms with Crippen LogP contribution < -0.4 is 10.9 Å². The largest absolute Gasteiger partial charge is 0.636 e. The molecular formula is C16H18B2N2O8. The lowest BCUT2D eigenvalue weighted by atomic mass is 9.73. The van der Waals surface area contributed by atoms with Gasteiger partial charge in [-0.2, -0.15) is 0 Å². The summed E-state index contributed by atoms with van der Waals surface area (Å²) in [6.45, 7) is -0.142. The molecule has 0 radical (unpaired) electrons. The molecule has 3 rings (SSSR count). The van der Waals surface area contributed by atoms with E-state index in [-0.39, 0.29) is 26.2 Å². The van der Waals surface area contributed by atoms with Crippen LogP contribution in [0.25, 0.3) is 0 Å².